The molecular formula is C16H26ClNO2. The van der Waals surface area contributed by atoms with E-state index in [1.54, 1.807) is 14.2 Å². The van der Waals surface area contributed by atoms with Crippen LogP contribution in [0, 0.1) is 0 Å². The van der Waals surface area contributed by atoms with E-state index in [0.29, 0.717) is 10.8 Å². The average Bonchev–Trinajstić information content (AvgIpc) is 2.47. The Morgan fingerprint density at radius 2 is 1.90 bits per heavy atom. The molecule has 1 atom stereocenters. The van der Waals surface area contributed by atoms with E-state index in [2.05, 4.69) is 19.2 Å². The summed E-state index contributed by atoms with van der Waals surface area (Å²) in [5.41, 5.74) is 1.11. The van der Waals surface area contributed by atoms with E-state index in [-0.39, 0.29) is 6.04 Å². The van der Waals surface area contributed by atoms with Gasteiger partial charge in [-0.05, 0) is 31.5 Å². The molecule has 0 radical (unpaired) electrons. The number of unbranched alkanes of at least 4 members (excludes halogenated alkanes) is 1. The van der Waals surface area contributed by atoms with Gasteiger partial charge >= 0.3 is 0 Å². The number of halogens is 1. The van der Waals surface area contributed by atoms with Crippen LogP contribution in [0.3, 0.4) is 0 Å². The molecule has 1 rings (SSSR count). The highest BCUT2D eigenvalue weighted by Crippen LogP contribution is 2.40. The van der Waals surface area contributed by atoms with Crippen LogP contribution in [0.1, 0.15) is 51.1 Å². The summed E-state index contributed by atoms with van der Waals surface area (Å²) in [4.78, 5) is 0. The first kappa shape index (κ1) is 17.1. The maximum atomic E-state index is 6.35. The van der Waals surface area contributed by atoms with E-state index in [1.807, 2.05) is 12.1 Å². The predicted molar refractivity (Wildman–Crippen MR) is 85.1 cm³/mol. The van der Waals surface area contributed by atoms with Gasteiger partial charge in [-0.2, -0.15) is 0 Å². The van der Waals surface area contributed by atoms with Crippen molar-refractivity contribution in [3.63, 3.8) is 0 Å². The van der Waals surface area contributed by atoms with Gasteiger partial charge in [0.2, 0.25) is 0 Å². The zero-order chi connectivity index (χ0) is 15.0. The van der Waals surface area contributed by atoms with E-state index >= 15 is 0 Å². The van der Waals surface area contributed by atoms with Gasteiger partial charge in [-0.15, -0.1) is 0 Å². The lowest BCUT2D eigenvalue weighted by atomic mass is 9.99. The molecule has 0 saturated heterocycles. The van der Waals surface area contributed by atoms with Crippen LogP contribution in [-0.2, 0) is 0 Å². The maximum absolute atomic E-state index is 6.35. The van der Waals surface area contributed by atoms with Gasteiger partial charge in [-0.25, -0.2) is 0 Å². The van der Waals surface area contributed by atoms with Crippen molar-refractivity contribution in [2.75, 3.05) is 20.8 Å². The smallest absolute Gasteiger partial charge is 0.146 e. The van der Waals surface area contributed by atoms with Gasteiger partial charge in [0, 0.05) is 11.6 Å². The zero-order valence-corrected chi connectivity index (χ0v) is 13.7. The highest BCUT2D eigenvalue weighted by Gasteiger charge is 2.19. The lowest BCUT2D eigenvalue weighted by molar-refractivity contribution is 0.380. The molecular weight excluding hydrogens is 274 g/mol. The second kappa shape index (κ2) is 9.09. The van der Waals surface area contributed by atoms with Crippen molar-refractivity contribution in [2.24, 2.45) is 0 Å². The Morgan fingerprint density at radius 3 is 2.45 bits per heavy atom. The van der Waals surface area contributed by atoms with Gasteiger partial charge in [-0.1, -0.05) is 38.3 Å². The summed E-state index contributed by atoms with van der Waals surface area (Å²) in [7, 11) is 3.27. The molecule has 114 valence electrons. The highest BCUT2D eigenvalue weighted by molar-refractivity contribution is 6.33. The molecule has 0 bridgehead atoms. The summed E-state index contributed by atoms with van der Waals surface area (Å²) in [6, 6.07) is 4.23. The van der Waals surface area contributed by atoms with E-state index in [9.17, 15) is 0 Å². The number of benzene rings is 1. The second-order valence-corrected chi connectivity index (χ2v) is 5.23. The van der Waals surface area contributed by atoms with Gasteiger partial charge in [-0.3, -0.25) is 0 Å². The van der Waals surface area contributed by atoms with E-state index in [4.69, 9.17) is 21.1 Å². The Bertz CT molecular complexity index is 402. The Hall–Kier alpha value is -0.930. The van der Waals surface area contributed by atoms with Crippen LogP contribution in [0.5, 0.6) is 11.5 Å². The predicted octanol–water partition coefficient (Wildman–Crippen LogP) is 4.59. The first-order valence-corrected chi connectivity index (χ1v) is 7.71. The number of nitrogens with one attached hydrogen (secondary N) is 1. The van der Waals surface area contributed by atoms with Gasteiger partial charge in [0.05, 0.1) is 14.2 Å². The SMILES string of the molecule is CCCCC(NCCC)c1ccc(OC)c(Cl)c1OC. The lowest BCUT2D eigenvalue weighted by Gasteiger charge is -2.22. The first-order chi connectivity index (χ1) is 9.69. The summed E-state index contributed by atoms with van der Waals surface area (Å²) >= 11 is 6.35. The molecule has 0 amide bonds. The largest absolute Gasteiger partial charge is 0.495 e. The number of ether oxygens (including phenoxy) is 2. The number of rotatable bonds is 9. The Morgan fingerprint density at radius 1 is 1.15 bits per heavy atom. The normalized spacial score (nSPS) is 12.2. The summed E-state index contributed by atoms with van der Waals surface area (Å²) in [5, 5.41) is 4.13. The van der Waals surface area contributed by atoms with Crippen LogP contribution in [0.15, 0.2) is 12.1 Å². The molecule has 0 saturated carbocycles. The first-order valence-electron chi connectivity index (χ1n) is 7.33. The monoisotopic (exact) mass is 299 g/mol. The molecule has 20 heavy (non-hydrogen) atoms. The highest BCUT2D eigenvalue weighted by atomic mass is 35.5. The quantitative estimate of drug-likeness (QED) is 0.723. The molecule has 1 aromatic carbocycles. The van der Waals surface area contributed by atoms with Crippen molar-refractivity contribution in [1.82, 2.24) is 5.32 Å². The molecule has 1 unspecified atom stereocenters. The molecule has 1 aromatic rings. The maximum Gasteiger partial charge on any atom is 0.146 e. The summed E-state index contributed by atoms with van der Waals surface area (Å²) in [5.74, 6) is 1.37. The molecule has 0 spiro atoms. The van der Waals surface area contributed by atoms with Gasteiger partial charge in [0.15, 0.2) is 0 Å². The van der Waals surface area contributed by atoms with Crippen molar-refractivity contribution < 1.29 is 9.47 Å². The minimum absolute atomic E-state index is 0.272. The summed E-state index contributed by atoms with van der Waals surface area (Å²) < 4.78 is 10.8. The van der Waals surface area contributed by atoms with Gasteiger partial charge in [0.1, 0.15) is 16.5 Å². The van der Waals surface area contributed by atoms with E-state index in [0.717, 1.165) is 30.7 Å². The van der Waals surface area contributed by atoms with Crippen molar-refractivity contribution in [3.05, 3.63) is 22.7 Å². The fourth-order valence-electron chi connectivity index (χ4n) is 2.29. The minimum Gasteiger partial charge on any atom is -0.495 e. The molecule has 0 fully saturated rings. The summed E-state index contributed by atoms with van der Waals surface area (Å²) in [6.45, 7) is 5.36. The molecule has 0 heterocycles. The Balaban J connectivity index is 3.07. The molecule has 3 nitrogen and oxygen atoms in total. The van der Waals surface area contributed by atoms with Crippen LogP contribution in [-0.4, -0.2) is 20.8 Å². The Labute approximate surface area is 127 Å². The van der Waals surface area contributed by atoms with Crippen molar-refractivity contribution in [3.8, 4) is 11.5 Å². The van der Waals surface area contributed by atoms with Crippen LogP contribution < -0.4 is 14.8 Å². The number of hydrogen-bond acceptors (Lipinski definition) is 3. The van der Waals surface area contributed by atoms with Crippen LogP contribution in [0.4, 0.5) is 0 Å². The molecule has 0 aromatic heterocycles. The third-order valence-corrected chi connectivity index (χ3v) is 3.74. The van der Waals surface area contributed by atoms with Gasteiger partial charge in [0.25, 0.3) is 0 Å². The zero-order valence-electron chi connectivity index (χ0n) is 13.0. The number of hydrogen-bond donors (Lipinski definition) is 1. The lowest BCUT2D eigenvalue weighted by Crippen LogP contribution is -2.22. The molecule has 4 heteroatoms. The van der Waals surface area contributed by atoms with Crippen LogP contribution in [0.2, 0.25) is 5.02 Å². The van der Waals surface area contributed by atoms with Crippen molar-refractivity contribution in [2.45, 2.75) is 45.6 Å². The van der Waals surface area contributed by atoms with Gasteiger partial charge < -0.3 is 14.8 Å². The topological polar surface area (TPSA) is 30.5 Å². The van der Waals surface area contributed by atoms with E-state index < -0.39 is 0 Å². The van der Waals surface area contributed by atoms with Crippen molar-refractivity contribution in [1.29, 1.82) is 0 Å². The molecule has 0 aliphatic carbocycles. The number of methoxy groups -OCH3 is 2. The minimum atomic E-state index is 0.272. The average molecular weight is 300 g/mol. The Kier molecular flexibility index (Phi) is 7.78. The molecule has 1 N–H and O–H groups in total. The molecule has 0 aliphatic heterocycles. The van der Waals surface area contributed by atoms with Crippen molar-refractivity contribution >= 4 is 11.6 Å². The molecule has 0 aliphatic rings. The second-order valence-electron chi connectivity index (χ2n) is 4.85. The summed E-state index contributed by atoms with van der Waals surface area (Å²) in [6.07, 6.45) is 4.54. The third-order valence-electron chi connectivity index (χ3n) is 3.38. The standard InChI is InChI=1S/C16H26ClNO2/c1-5-7-8-13(18-11-6-2)12-9-10-14(19-3)15(17)16(12)20-4/h9-10,13,18H,5-8,11H2,1-4H3. The van der Waals surface area contributed by atoms with E-state index in [1.165, 1.54) is 12.8 Å². The van der Waals surface area contributed by atoms with Crippen LogP contribution in [0.25, 0.3) is 0 Å². The fraction of sp³-hybridized carbons (Fsp3) is 0.625. The van der Waals surface area contributed by atoms with Crippen LogP contribution >= 0.6 is 11.6 Å². The fourth-order valence-corrected chi connectivity index (χ4v) is 2.61. The third kappa shape index (κ3) is 4.29.